The van der Waals surface area contributed by atoms with Crippen LogP contribution in [0.3, 0.4) is 0 Å². The predicted octanol–water partition coefficient (Wildman–Crippen LogP) is 4.03. The van der Waals surface area contributed by atoms with E-state index in [0.29, 0.717) is 5.02 Å². The van der Waals surface area contributed by atoms with E-state index >= 15 is 0 Å². The van der Waals surface area contributed by atoms with Gasteiger partial charge in [-0.25, -0.2) is 4.98 Å². The van der Waals surface area contributed by atoms with Crippen LogP contribution in [-0.4, -0.2) is 23.6 Å². The molecule has 0 unspecified atom stereocenters. The monoisotopic (exact) mass is 295 g/mol. The highest BCUT2D eigenvalue weighted by Crippen LogP contribution is 2.21. The Balaban J connectivity index is 2.92. The third kappa shape index (κ3) is 5.51. The number of aromatic nitrogens is 1. The molecule has 0 saturated carbocycles. The number of likely N-dealkylation sites (N-methyl/N-ethyl adjacent to an activating group) is 1. The summed E-state index contributed by atoms with van der Waals surface area (Å²) in [5.41, 5.74) is 2.26. The quantitative estimate of drug-likeness (QED) is 0.803. The predicted molar refractivity (Wildman–Crippen MR) is 88.5 cm³/mol. The standard InChI is InChI=1S/C16H26ClN3/c1-7-20(11-12(2)3)15-8-13(14(17)10-18-15)9-19-16(4,5)6/h8,10,19H,2,7,9,11H2,1,3-6H3. The number of pyridine rings is 1. The first-order chi connectivity index (χ1) is 9.23. The fourth-order valence-corrected chi connectivity index (χ4v) is 1.99. The molecule has 4 heteroatoms. The highest BCUT2D eigenvalue weighted by Gasteiger charge is 2.13. The molecule has 0 aliphatic rings. The van der Waals surface area contributed by atoms with Crippen molar-refractivity contribution in [3.05, 3.63) is 35.0 Å². The topological polar surface area (TPSA) is 28.2 Å². The molecule has 0 atom stereocenters. The van der Waals surface area contributed by atoms with E-state index in [-0.39, 0.29) is 5.54 Å². The van der Waals surface area contributed by atoms with Crippen LogP contribution in [0.5, 0.6) is 0 Å². The molecule has 1 rings (SSSR count). The van der Waals surface area contributed by atoms with Crippen molar-refractivity contribution >= 4 is 17.4 Å². The Morgan fingerprint density at radius 1 is 1.45 bits per heavy atom. The molecule has 1 aromatic rings. The fraction of sp³-hybridized carbons (Fsp3) is 0.562. The minimum atomic E-state index is 0.0644. The van der Waals surface area contributed by atoms with E-state index in [4.69, 9.17) is 11.6 Å². The average Bonchev–Trinajstić information content (AvgIpc) is 2.34. The van der Waals surface area contributed by atoms with E-state index in [1.54, 1.807) is 6.20 Å². The molecule has 20 heavy (non-hydrogen) atoms. The third-order valence-electron chi connectivity index (χ3n) is 2.90. The lowest BCUT2D eigenvalue weighted by Crippen LogP contribution is -2.35. The Labute approximate surface area is 128 Å². The van der Waals surface area contributed by atoms with Gasteiger partial charge in [0, 0.05) is 31.4 Å². The zero-order chi connectivity index (χ0) is 15.3. The van der Waals surface area contributed by atoms with Crippen LogP contribution in [0.15, 0.2) is 24.4 Å². The minimum Gasteiger partial charge on any atom is -0.353 e. The van der Waals surface area contributed by atoms with Gasteiger partial charge in [-0.1, -0.05) is 23.8 Å². The molecule has 0 fully saturated rings. The van der Waals surface area contributed by atoms with Gasteiger partial charge in [0.25, 0.3) is 0 Å². The lowest BCUT2D eigenvalue weighted by molar-refractivity contribution is 0.424. The first kappa shape index (κ1) is 17.0. The summed E-state index contributed by atoms with van der Waals surface area (Å²) in [6.07, 6.45) is 1.73. The second kappa shape index (κ2) is 7.09. The molecule has 1 aromatic heterocycles. The lowest BCUT2D eigenvalue weighted by Gasteiger charge is -2.24. The largest absolute Gasteiger partial charge is 0.353 e. The molecular formula is C16H26ClN3. The van der Waals surface area contributed by atoms with Gasteiger partial charge in [0.05, 0.1) is 5.02 Å². The van der Waals surface area contributed by atoms with Gasteiger partial charge in [-0.15, -0.1) is 0 Å². The first-order valence-corrected chi connectivity index (χ1v) is 7.39. The summed E-state index contributed by atoms with van der Waals surface area (Å²) < 4.78 is 0. The van der Waals surface area contributed by atoms with Gasteiger partial charge in [0.15, 0.2) is 0 Å². The van der Waals surface area contributed by atoms with E-state index in [2.05, 4.69) is 55.5 Å². The smallest absolute Gasteiger partial charge is 0.129 e. The van der Waals surface area contributed by atoms with Gasteiger partial charge in [0.1, 0.15) is 5.82 Å². The van der Waals surface area contributed by atoms with Crippen molar-refractivity contribution < 1.29 is 0 Å². The summed E-state index contributed by atoms with van der Waals surface area (Å²) >= 11 is 6.24. The van der Waals surface area contributed by atoms with Crippen molar-refractivity contribution in [1.29, 1.82) is 0 Å². The minimum absolute atomic E-state index is 0.0644. The van der Waals surface area contributed by atoms with E-state index < -0.39 is 0 Å². The van der Waals surface area contributed by atoms with Crippen LogP contribution >= 0.6 is 11.6 Å². The van der Waals surface area contributed by atoms with Crippen molar-refractivity contribution in [3.8, 4) is 0 Å². The van der Waals surface area contributed by atoms with E-state index in [0.717, 1.165) is 36.6 Å². The molecule has 0 amide bonds. The zero-order valence-corrected chi connectivity index (χ0v) is 14.0. The van der Waals surface area contributed by atoms with Crippen molar-refractivity contribution in [2.24, 2.45) is 0 Å². The van der Waals surface area contributed by atoms with Gasteiger partial charge in [-0.2, -0.15) is 0 Å². The molecule has 0 bridgehead atoms. The van der Waals surface area contributed by atoms with Gasteiger partial charge in [-0.3, -0.25) is 0 Å². The number of rotatable bonds is 6. The lowest BCUT2D eigenvalue weighted by atomic mass is 10.1. The molecular weight excluding hydrogens is 270 g/mol. The van der Waals surface area contributed by atoms with E-state index in [9.17, 15) is 0 Å². The molecule has 1 N–H and O–H groups in total. The SMILES string of the molecule is C=C(C)CN(CC)c1cc(CNC(C)(C)C)c(Cl)cn1. The first-order valence-electron chi connectivity index (χ1n) is 7.01. The number of anilines is 1. The maximum absolute atomic E-state index is 6.24. The fourth-order valence-electron chi connectivity index (χ4n) is 1.82. The van der Waals surface area contributed by atoms with Crippen LogP contribution in [0, 0.1) is 0 Å². The summed E-state index contributed by atoms with van der Waals surface area (Å²) in [6.45, 7) is 17.0. The van der Waals surface area contributed by atoms with Crippen molar-refractivity contribution in [2.45, 2.75) is 46.7 Å². The number of nitrogens with one attached hydrogen (secondary N) is 1. The van der Waals surface area contributed by atoms with E-state index in [1.807, 2.05) is 6.92 Å². The number of halogens is 1. The van der Waals surface area contributed by atoms with E-state index in [1.165, 1.54) is 0 Å². The molecule has 112 valence electrons. The van der Waals surface area contributed by atoms with Crippen molar-refractivity contribution in [3.63, 3.8) is 0 Å². The maximum atomic E-state index is 6.24. The van der Waals surface area contributed by atoms with Crippen molar-refractivity contribution in [1.82, 2.24) is 10.3 Å². The molecule has 0 aliphatic heterocycles. The molecule has 0 aromatic carbocycles. The van der Waals surface area contributed by atoms with Gasteiger partial charge < -0.3 is 10.2 Å². The Hall–Kier alpha value is -1.06. The van der Waals surface area contributed by atoms with Gasteiger partial charge in [0.2, 0.25) is 0 Å². The van der Waals surface area contributed by atoms with Crippen LogP contribution in [0.2, 0.25) is 5.02 Å². The van der Waals surface area contributed by atoms with Crippen LogP contribution in [0.25, 0.3) is 0 Å². The average molecular weight is 296 g/mol. The Kier molecular flexibility index (Phi) is 6.03. The maximum Gasteiger partial charge on any atom is 0.129 e. The third-order valence-corrected chi connectivity index (χ3v) is 3.24. The van der Waals surface area contributed by atoms with Crippen LogP contribution < -0.4 is 10.2 Å². The van der Waals surface area contributed by atoms with Gasteiger partial charge in [-0.05, 0) is 46.2 Å². The highest BCUT2D eigenvalue weighted by atomic mass is 35.5. The summed E-state index contributed by atoms with van der Waals surface area (Å²) in [7, 11) is 0. The summed E-state index contributed by atoms with van der Waals surface area (Å²) in [5, 5.41) is 4.16. The summed E-state index contributed by atoms with van der Waals surface area (Å²) in [4.78, 5) is 6.63. The molecule has 1 heterocycles. The van der Waals surface area contributed by atoms with Gasteiger partial charge >= 0.3 is 0 Å². The summed E-state index contributed by atoms with van der Waals surface area (Å²) in [6, 6.07) is 2.06. The second-order valence-corrected chi connectivity index (χ2v) is 6.62. The number of hydrogen-bond donors (Lipinski definition) is 1. The Morgan fingerprint density at radius 2 is 2.10 bits per heavy atom. The second-order valence-electron chi connectivity index (χ2n) is 6.21. The summed E-state index contributed by atoms with van der Waals surface area (Å²) in [5.74, 6) is 0.950. The van der Waals surface area contributed by atoms with Crippen molar-refractivity contribution in [2.75, 3.05) is 18.0 Å². The highest BCUT2D eigenvalue weighted by molar-refractivity contribution is 6.31. The molecule has 0 saturated heterocycles. The number of nitrogens with zero attached hydrogens (tertiary/aromatic N) is 2. The molecule has 0 aliphatic carbocycles. The van der Waals surface area contributed by atoms with Crippen LogP contribution in [0.1, 0.15) is 40.2 Å². The Morgan fingerprint density at radius 3 is 2.60 bits per heavy atom. The van der Waals surface area contributed by atoms with Crippen LogP contribution in [0.4, 0.5) is 5.82 Å². The number of hydrogen-bond acceptors (Lipinski definition) is 3. The normalized spacial score (nSPS) is 11.5. The molecule has 0 radical (unpaired) electrons. The molecule has 0 spiro atoms. The zero-order valence-electron chi connectivity index (χ0n) is 13.3. The molecule has 3 nitrogen and oxygen atoms in total. The Bertz CT molecular complexity index is 463. The van der Waals surface area contributed by atoms with Crippen LogP contribution in [-0.2, 0) is 6.54 Å².